The van der Waals surface area contributed by atoms with E-state index in [9.17, 15) is 8.42 Å². The normalized spacial score (nSPS) is 16.2. The van der Waals surface area contributed by atoms with Gasteiger partial charge in [0.25, 0.3) is 0 Å². The molecule has 21 heavy (non-hydrogen) atoms. The molecule has 1 saturated heterocycles. The average Bonchev–Trinajstić information content (AvgIpc) is 2.41. The highest BCUT2D eigenvalue weighted by Crippen LogP contribution is 2.11. The summed E-state index contributed by atoms with van der Waals surface area (Å²) in [4.78, 5) is 0. The number of ether oxygens (including phenoxy) is 1. The first kappa shape index (κ1) is 18.2. The Morgan fingerprint density at radius 2 is 1.86 bits per heavy atom. The van der Waals surface area contributed by atoms with Gasteiger partial charge in [0.2, 0.25) is 10.0 Å². The third kappa shape index (κ3) is 6.65. The standard InChI is InChI=1S/C14H22N2O3S.ClH/c1-12-2-4-14(5-3-12)19-10-11-20(17,18)16-13-6-8-15-9-7-13;/h2-5,13,15-16H,6-11H2,1H3;1H. The first-order chi connectivity index (χ1) is 9.55. The summed E-state index contributed by atoms with van der Waals surface area (Å²) in [6, 6.07) is 7.64. The molecule has 0 radical (unpaired) electrons. The molecule has 0 atom stereocenters. The van der Waals surface area contributed by atoms with Gasteiger partial charge in [-0.25, -0.2) is 13.1 Å². The number of sulfonamides is 1. The summed E-state index contributed by atoms with van der Waals surface area (Å²) < 4.78 is 32.1. The predicted molar refractivity (Wildman–Crippen MR) is 86.7 cm³/mol. The zero-order chi connectivity index (χ0) is 14.4. The van der Waals surface area contributed by atoms with Crippen molar-refractivity contribution in [3.63, 3.8) is 0 Å². The number of hydrogen-bond acceptors (Lipinski definition) is 4. The number of aryl methyl sites for hydroxylation is 1. The fourth-order valence-electron chi connectivity index (χ4n) is 2.16. The van der Waals surface area contributed by atoms with Gasteiger partial charge >= 0.3 is 0 Å². The summed E-state index contributed by atoms with van der Waals surface area (Å²) in [5.41, 5.74) is 1.15. The molecule has 0 aliphatic carbocycles. The second-order valence-corrected chi connectivity index (χ2v) is 7.00. The molecule has 0 amide bonds. The van der Waals surface area contributed by atoms with Crippen molar-refractivity contribution in [3.8, 4) is 5.75 Å². The van der Waals surface area contributed by atoms with Gasteiger partial charge in [-0.2, -0.15) is 0 Å². The van der Waals surface area contributed by atoms with Crippen molar-refractivity contribution in [2.75, 3.05) is 25.4 Å². The molecular formula is C14H23ClN2O3S. The summed E-state index contributed by atoms with van der Waals surface area (Å²) in [5.74, 6) is 0.692. The molecule has 120 valence electrons. The van der Waals surface area contributed by atoms with Gasteiger partial charge in [0.15, 0.2) is 0 Å². The van der Waals surface area contributed by atoms with Gasteiger partial charge in [-0.05, 0) is 45.0 Å². The van der Waals surface area contributed by atoms with Crippen LogP contribution in [0.5, 0.6) is 5.75 Å². The molecule has 0 saturated carbocycles. The molecule has 0 spiro atoms. The Bertz CT molecular complexity index is 514. The van der Waals surface area contributed by atoms with Crippen molar-refractivity contribution in [1.82, 2.24) is 10.0 Å². The van der Waals surface area contributed by atoms with Gasteiger partial charge in [-0.1, -0.05) is 17.7 Å². The molecule has 0 unspecified atom stereocenters. The number of hydrogen-bond donors (Lipinski definition) is 2. The average molecular weight is 335 g/mol. The zero-order valence-electron chi connectivity index (χ0n) is 12.2. The highest BCUT2D eigenvalue weighted by molar-refractivity contribution is 7.89. The van der Waals surface area contributed by atoms with E-state index >= 15 is 0 Å². The Labute approximate surface area is 132 Å². The van der Waals surface area contributed by atoms with Crippen LogP contribution in [0.25, 0.3) is 0 Å². The molecule has 1 aromatic rings. The van der Waals surface area contributed by atoms with Crippen molar-refractivity contribution in [2.24, 2.45) is 0 Å². The van der Waals surface area contributed by atoms with Crippen molar-refractivity contribution < 1.29 is 13.2 Å². The van der Waals surface area contributed by atoms with E-state index in [2.05, 4.69) is 10.0 Å². The molecular weight excluding hydrogens is 312 g/mol. The Balaban J connectivity index is 0.00000220. The maximum atomic E-state index is 11.9. The molecule has 1 aliphatic heterocycles. The minimum absolute atomic E-state index is 0. The van der Waals surface area contributed by atoms with E-state index in [1.54, 1.807) is 0 Å². The Hall–Kier alpha value is -0.820. The van der Waals surface area contributed by atoms with E-state index in [4.69, 9.17) is 4.74 Å². The van der Waals surface area contributed by atoms with Crippen LogP contribution in [0.2, 0.25) is 0 Å². The SMILES string of the molecule is Cc1ccc(OCCS(=O)(=O)NC2CCNCC2)cc1.Cl. The quantitative estimate of drug-likeness (QED) is 0.826. The highest BCUT2D eigenvalue weighted by Gasteiger charge is 2.19. The molecule has 1 fully saturated rings. The molecule has 2 N–H and O–H groups in total. The molecule has 1 aliphatic rings. The van der Waals surface area contributed by atoms with Crippen LogP contribution in [-0.4, -0.2) is 39.9 Å². The number of benzene rings is 1. The largest absolute Gasteiger partial charge is 0.492 e. The van der Waals surface area contributed by atoms with Crippen LogP contribution in [0.1, 0.15) is 18.4 Å². The van der Waals surface area contributed by atoms with Crippen LogP contribution in [0.15, 0.2) is 24.3 Å². The second kappa shape index (κ2) is 8.58. The van der Waals surface area contributed by atoms with Crippen LogP contribution in [0.4, 0.5) is 0 Å². The lowest BCUT2D eigenvalue weighted by Crippen LogP contribution is -2.44. The minimum atomic E-state index is -3.26. The molecule has 5 nitrogen and oxygen atoms in total. The van der Waals surface area contributed by atoms with Crippen LogP contribution >= 0.6 is 12.4 Å². The van der Waals surface area contributed by atoms with Crippen molar-refractivity contribution in [1.29, 1.82) is 0 Å². The second-order valence-electron chi connectivity index (χ2n) is 5.12. The third-order valence-corrected chi connectivity index (χ3v) is 4.72. The number of piperidine rings is 1. The maximum absolute atomic E-state index is 11.9. The Kier molecular flexibility index (Phi) is 7.45. The van der Waals surface area contributed by atoms with Crippen molar-refractivity contribution >= 4 is 22.4 Å². The van der Waals surface area contributed by atoms with Gasteiger partial charge in [0.05, 0.1) is 5.75 Å². The summed E-state index contributed by atoms with van der Waals surface area (Å²) in [6.45, 7) is 3.90. The molecule has 2 rings (SSSR count). The van der Waals surface area contributed by atoms with Gasteiger partial charge < -0.3 is 10.1 Å². The molecule has 1 heterocycles. The topological polar surface area (TPSA) is 67.4 Å². The van der Waals surface area contributed by atoms with E-state index < -0.39 is 10.0 Å². The third-order valence-electron chi connectivity index (χ3n) is 3.33. The van der Waals surface area contributed by atoms with E-state index in [1.807, 2.05) is 31.2 Å². The lowest BCUT2D eigenvalue weighted by atomic mass is 10.1. The summed E-state index contributed by atoms with van der Waals surface area (Å²) in [5, 5.41) is 3.21. The van der Waals surface area contributed by atoms with E-state index in [1.165, 1.54) is 0 Å². The molecule has 0 bridgehead atoms. The number of rotatable bonds is 6. The van der Waals surface area contributed by atoms with E-state index in [0.29, 0.717) is 5.75 Å². The summed E-state index contributed by atoms with van der Waals surface area (Å²) in [7, 11) is -3.26. The minimum Gasteiger partial charge on any atom is -0.492 e. The van der Waals surface area contributed by atoms with E-state index in [-0.39, 0.29) is 30.8 Å². The monoisotopic (exact) mass is 334 g/mol. The Morgan fingerprint density at radius 1 is 1.24 bits per heavy atom. The highest BCUT2D eigenvalue weighted by atomic mass is 35.5. The van der Waals surface area contributed by atoms with Crippen molar-refractivity contribution in [3.05, 3.63) is 29.8 Å². The van der Waals surface area contributed by atoms with Crippen LogP contribution in [-0.2, 0) is 10.0 Å². The fraction of sp³-hybridized carbons (Fsp3) is 0.571. The van der Waals surface area contributed by atoms with Gasteiger partial charge in [-0.3, -0.25) is 0 Å². The lowest BCUT2D eigenvalue weighted by molar-refractivity contribution is 0.339. The number of halogens is 1. The predicted octanol–water partition coefficient (Wildman–Crippen LogP) is 1.47. The maximum Gasteiger partial charge on any atom is 0.215 e. The van der Waals surface area contributed by atoms with Crippen LogP contribution < -0.4 is 14.8 Å². The van der Waals surface area contributed by atoms with Crippen LogP contribution in [0, 0.1) is 6.92 Å². The molecule has 1 aromatic carbocycles. The molecule has 0 aromatic heterocycles. The van der Waals surface area contributed by atoms with Gasteiger partial charge in [0, 0.05) is 6.04 Å². The fourth-order valence-corrected chi connectivity index (χ4v) is 3.32. The number of nitrogens with one attached hydrogen (secondary N) is 2. The smallest absolute Gasteiger partial charge is 0.215 e. The zero-order valence-corrected chi connectivity index (χ0v) is 13.8. The Morgan fingerprint density at radius 3 is 2.48 bits per heavy atom. The first-order valence-corrected chi connectivity index (χ1v) is 8.60. The lowest BCUT2D eigenvalue weighted by Gasteiger charge is -2.23. The molecule has 7 heteroatoms. The van der Waals surface area contributed by atoms with Gasteiger partial charge in [0.1, 0.15) is 12.4 Å². The first-order valence-electron chi connectivity index (χ1n) is 6.95. The van der Waals surface area contributed by atoms with Gasteiger partial charge in [-0.15, -0.1) is 12.4 Å². The van der Waals surface area contributed by atoms with Crippen LogP contribution in [0.3, 0.4) is 0 Å². The van der Waals surface area contributed by atoms with E-state index in [0.717, 1.165) is 31.5 Å². The van der Waals surface area contributed by atoms with Crippen molar-refractivity contribution in [2.45, 2.75) is 25.8 Å². The summed E-state index contributed by atoms with van der Waals surface area (Å²) in [6.07, 6.45) is 1.69. The summed E-state index contributed by atoms with van der Waals surface area (Å²) >= 11 is 0.